The van der Waals surface area contributed by atoms with Gasteiger partial charge in [0.05, 0.1) is 6.26 Å². The predicted octanol–water partition coefficient (Wildman–Crippen LogP) is 1.95. The first-order valence-electron chi connectivity index (χ1n) is 4.09. The monoisotopic (exact) mass is 193 g/mol. The molecule has 0 aromatic carbocycles. The molecular formula is C8H7N3O3. The Morgan fingerprint density at radius 3 is 3.14 bits per heavy atom. The first-order chi connectivity index (χ1) is 6.81. The Morgan fingerprint density at radius 2 is 2.50 bits per heavy atom. The second-order valence-corrected chi connectivity index (χ2v) is 2.90. The van der Waals surface area contributed by atoms with Gasteiger partial charge in [-0.05, 0) is 17.7 Å². The zero-order valence-electron chi connectivity index (χ0n) is 7.16. The SMILES string of the molecule is [N-]=[N+]=N[C@H]1C[C@H](c2ccco2)OC1=O. The summed E-state index contributed by atoms with van der Waals surface area (Å²) in [6.07, 6.45) is 1.42. The van der Waals surface area contributed by atoms with Gasteiger partial charge in [0, 0.05) is 11.3 Å². The first kappa shape index (κ1) is 8.65. The standard InChI is InChI=1S/C8H7N3O3/c9-11-10-5-4-7(14-8(5)12)6-2-1-3-13-6/h1-3,5,7H,4H2/t5-,7+/m0/s1. The van der Waals surface area contributed by atoms with Crippen LogP contribution in [0.2, 0.25) is 0 Å². The summed E-state index contributed by atoms with van der Waals surface area (Å²) in [4.78, 5) is 13.7. The van der Waals surface area contributed by atoms with Crippen molar-refractivity contribution in [3.63, 3.8) is 0 Å². The van der Waals surface area contributed by atoms with Crippen LogP contribution in [0.5, 0.6) is 0 Å². The number of rotatable bonds is 2. The van der Waals surface area contributed by atoms with Crippen LogP contribution in [0.4, 0.5) is 0 Å². The highest BCUT2D eigenvalue weighted by molar-refractivity contribution is 5.78. The molecule has 6 heteroatoms. The van der Waals surface area contributed by atoms with Gasteiger partial charge in [0.2, 0.25) is 0 Å². The van der Waals surface area contributed by atoms with E-state index < -0.39 is 18.1 Å². The molecule has 0 bridgehead atoms. The number of furan rings is 1. The minimum absolute atomic E-state index is 0.344. The van der Waals surface area contributed by atoms with E-state index in [0.717, 1.165) is 0 Å². The van der Waals surface area contributed by atoms with Gasteiger partial charge < -0.3 is 9.15 Å². The molecule has 0 unspecified atom stereocenters. The fourth-order valence-corrected chi connectivity index (χ4v) is 1.37. The maximum absolute atomic E-state index is 11.1. The highest BCUT2D eigenvalue weighted by Crippen LogP contribution is 2.31. The second kappa shape index (κ2) is 3.43. The number of cyclic esters (lactones) is 1. The van der Waals surface area contributed by atoms with Crippen molar-refractivity contribution < 1.29 is 13.9 Å². The Kier molecular flexibility index (Phi) is 2.12. The molecule has 0 spiro atoms. The van der Waals surface area contributed by atoms with E-state index in [-0.39, 0.29) is 0 Å². The van der Waals surface area contributed by atoms with E-state index in [4.69, 9.17) is 14.7 Å². The number of esters is 1. The molecule has 1 aliphatic rings. The van der Waals surface area contributed by atoms with Crippen molar-refractivity contribution >= 4 is 5.97 Å². The Balaban J connectivity index is 2.14. The predicted molar refractivity (Wildman–Crippen MR) is 45.1 cm³/mol. The van der Waals surface area contributed by atoms with Crippen LogP contribution in [-0.2, 0) is 9.53 Å². The van der Waals surface area contributed by atoms with Gasteiger partial charge in [0.1, 0.15) is 11.8 Å². The van der Waals surface area contributed by atoms with Gasteiger partial charge in [0.15, 0.2) is 6.10 Å². The Bertz CT molecular complexity index is 381. The molecule has 1 fully saturated rings. The summed E-state index contributed by atoms with van der Waals surface area (Å²) in [5.74, 6) is 0.0817. The third kappa shape index (κ3) is 1.43. The van der Waals surface area contributed by atoms with Crippen LogP contribution < -0.4 is 0 Å². The number of carbonyl (C=O) groups is 1. The maximum atomic E-state index is 11.1. The molecule has 0 N–H and O–H groups in total. The molecule has 2 rings (SSSR count). The highest BCUT2D eigenvalue weighted by Gasteiger charge is 2.35. The minimum atomic E-state index is -0.727. The van der Waals surface area contributed by atoms with Crippen LogP contribution in [0.3, 0.4) is 0 Å². The average molecular weight is 193 g/mol. The lowest BCUT2D eigenvalue weighted by atomic mass is 10.1. The van der Waals surface area contributed by atoms with E-state index in [1.54, 1.807) is 12.1 Å². The van der Waals surface area contributed by atoms with Gasteiger partial charge >= 0.3 is 5.97 Å². The van der Waals surface area contributed by atoms with E-state index in [1.165, 1.54) is 6.26 Å². The van der Waals surface area contributed by atoms with Crippen LogP contribution in [0.1, 0.15) is 18.3 Å². The van der Waals surface area contributed by atoms with E-state index >= 15 is 0 Å². The number of hydrogen-bond acceptors (Lipinski definition) is 4. The summed E-state index contributed by atoms with van der Waals surface area (Å²) < 4.78 is 10.1. The summed E-state index contributed by atoms with van der Waals surface area (Å²) in [6, 6.07) is 2.70. The summed E-state index contributed by atoms with van der Waals surface area (Å²) in [5.41, 5.74) is 8.19. The normalized spacial score (nSPS) is 25.6. The van der Waals surface area contributed by atoms with Crippen molar-refractivity contribution in [1.29, 1.82) is 0 Å². The molecule has 1 aromatic rings. The third-order valence-electron chi connectivity index (χ3n) is 2.02. The van der Waals surface area contributed by atoms with Gasteiger partial charge in [-0.2, -0.15) is 0 Å². The maximum Gasteiger partial charge on any atom is 0.315 e. The molecule has 6 nitrogen and oxygen atoms in total. The lowest BCUT2D eigenvalue weighted by Gasteiger charge is -2.03. The van der Waals surface area contributed by atoms with Crippen molar-refractivity contribution in [2.24, 2.45) is 5.11 Å². The van der Waals surface area contributed by atoms with Crippen LogP contribution >= 0.6 is 0 Å². The van der Waals surface area contributed by atoms with Crippen LogP contribution in [0.15, 0.2) is 27.9 Å². The molecule has 1 aromatic heterocycles. The van der Waals surface area contributed by atoms with Gasteiger partial charge in [-0.1, -0.05) is 5.11 Å². The summed E-state index contributed by atoms with van der Waals surface area (Å²) >= 11 is 0. The molecule has 1 aliphatic heterocycles. The Morgan fingerprint density at radius 1 is 1.64 bits per heavy atom. The highest BCUT2D eigenvalue weighted by atomic mass is 16.6. The van der Waals surface area contributed by atoms with E-state index in [1.807, 2.05) is 0 Å². The van der Waals surface area contributed by atoms with Crippen molar-refractivity contribution in [1.82, 2.24) is 0 Å². The molecule has 0 radical (unpaired) electrons. The van der Waals surface area contributed by atoms with Crippen molar-refractivity contribution in [3.8, 4) is 0 Å². The van der Waals surface area contributed by atoms with Crippen molar-refractivity contribution in [3.05, 3.63) is 34.6 Å². The number of carbonyl (C=O) groups excluding carboxylic acids is 1. The molecule has 0 aliphatic carbocycles. The number of nitrogens with zero attached hydrogens (tertiary/aromatic N) is 3. The molecular weight excluding hydrogens is 186 g/mol. The molecule has 2 atom stereocenters. The lowest BCUT2D eigenvalue weighted by Crippen LogP contribution is -2.09. The van der Waals surface area contributed by atoms with Gasteiger partial charge in [-0.25, -0.2) is 0 Å². The quantitative estimate of drug-likeness (QED) is 0.311. The van der Waals surface area contributed by atoms with Crippen molar-refractivity contribution in [2.45, 2.75) is 18.6 Å². The van der Waals surface area contributed by atoms with Crippen molar-refractivity contribution in [2.75, 3.05) is 0 Å². The zero-order chi connectivity index (χ0) is 9.97. The number of hydrogen-bond donors (Lipinski definition) is 0. The van der Waals surface area contributed by atoms with E-state index in [0.29, 0.717) is 12.2 Å². The van der Waals surface area contributed by atoms with Gasteiger partial charge in [0.25, 0.3) is 0 Å². The van der Waals surface area contributed by atoms with E-state index in [2.05, 4.69) is 10.0 Å². The second-order valence-electron chi connectivity index (χ2n) is 2.90. The zero-order valence-corrected chi connectivity index (χ0v) is 7.16. The van der Waals surface area contributed by atoms with E-state index in [9.17, 15) is 4.79 Å². The molecule has 72 valence electrons. The molecule has 2 heterocycles. The fraction of sp³-hybridized carbons (Fsp3) is 0.375. The van der Waals surface area contributed by atoms with Crippen LogP contribution in [-0.4, -0.2) is 12.0 Å². The summed E-state index contributed by atoms with van der Waals surface area (Å²) in [5, 5.41) is 3.33. The largest absolute Gasteiger partial charge is 0.465 e. The number of azide groups is 1. The lowest BCUT2D eigenvalue weighted by molar-refractivity contribution is -0.143. The molecule has 0 amide bonds. The average Bonchev–Trinajstić information content (AvgIpc) is 2.76. The van der Waals surface area contributed by atoms with Gasteiger partial charge in [-0.15, -0.1) is 0 Å². The van der Waals surface area contributed by atoms with Gasteiger partial charge in [-0.3, -0.25) is 4.79 Å². The topological polar surface area (TPSA) is 88.2 Å². The first-order valence-corrected chi connectivity index (χ1v) is 4.09. The third-order valence-corrected chi connectivity index (χ3v) is 2.02. The molecule has 0 saturated carbocycles. The summed E-state index contributed by atoms with van der Waals surface area (Å²) in [6.45, 7) is 0. The summed E-state index contributed by atoms with van der Waals surface area (Å²) in [7, 11) is 0. The molecule has 1 saturated heterocycles. The number of ether oxygens (including phenoxy) is 1. The smallest absolute Gasteiger partial charge is 0.315 e. The van der Waals surface area contributed by atoms with Crippen LogP contribution in [0.25, 0.3) is 10.4 Å². The molecule has 14 heavy (non-hydrogen) atoms. The fourth-order valence-electron chi connectivity index (χ4n) is 1.37. The Hall–Kier alpha value is -1.94. The minimum Gasteiger partial charge on any atom is -0.465 e. The Labute approximate surface area is 79.1 Å². The van der Waals surface area contributed by atoms with Crippen LogP contribution in [0, 0.1) is 0 Å².